The Bertz CT molecular complexity index is 898. The Labute approximate surface area is 166 Å². The summed E-state index contributed by atoms with van der Waals surface area (Å²) in [6.45, 7) is 3.15. The van der Waals surface area contributed by atoms with E-state index in [2.05, 4.69) is 20.8 Å². The fourth-order valence-corrected chi connectivity index (χ4v) is 2.93. The molecule has 9 heteroatoms. The van der Waals surface area contributed by atoms with Crippen LogP contribution in [-0.2, 0) is 19.7 Å². The lowest BCUT2D eigenvalue weighted by atomic mass is 10.2. The molecular formula is C18H18Cl2FN5O. The second kappa shape index (κ2) is 9.01. The van der Waals surface area contributed by atoms with Crippen LogP contribution < -0.4 is 10.1 Å². The Kier molecular flexibility index (Phi) is 6.47. The summed E-state index contributed by atoms with van der Waals surface area (Å²) in [4.78, 5) is 0. The number of hydrogen-bond donors (Lipinski definition) is 1. The third kappa shape index (κ3) is 4.87. The van der Waals surface area contributed by atoms with Crippen LogP contribution in [0.2, 0.25) is 10.0 Å². The van der Waals surface area contributed by atoms with Crippen LogP contribution in [0, 0.1) is 5.82 Å². The van der Waals surface area contributed by atoms with Crippen molar-refractivity contribution in [1.29, 1.82) is 0 Å². The van der Waals surface area contributed by atoms with Crippen LogP contribution in [-0.4, -0.2) is 20.2 Å². The quantitative estimate of drug-likeness (QED) is 0.582. The van der Waals surface area contributed by atoms with Crippen molar-refractivity contribution in [2.24, 2.45) is 0 Å². The lowest BCUT2D eigenvalue weighted by Gasteiger charge is -2.14. The van der Waals surface area contributed by atoms with Gasteiger partial charge in [-0.05, 0) is 47.2 Å². The molecule has 1 aromatic heterocycles. The van der Waals surface area contributed by atoms with E-state index in [0.717, 1.165) is 12.0 Å². The first-order chi connectivity index (χ1) is 13.1. The molecule has 1 N–H and O–H groups in total. The number of nitrogens with one attached hydrogen (secondary N) is 1. The fourth-order valence-electron chi connectivity index (χ4n) is 2.52. The highest BCUT2D eigenvalue weighted by molar-refractivity contribution is 6.31. The molecule has 0 unspecified atom stereocenters. The van der Waals surface area contributed by atoms with Gasteiger partial charge in [-0.2, -0.15) is 0 Å². The number of benzene rings is 2. The van der Waals surface area contributed by atoms with Gasteiger partial charge in [0.2, 0.25) is 5.95 Å². The SMILES string of the molecule is CCCn1nnnc1NCc1cc(Cl)ccc1OCc1c(F)cccc1Cl. The maximum Gasteiger partial charge on any atom is 0.243 e. The van der Waals surface area contributed by atoms with E-state index in [1.165, 1.54) is 6.07 Å². The summed E-state index contributed by atoms with van der Waals surface area (Å²) >= 11 is 12.2. The molecule has 0 saturated heterocycles. The summed E-state index contributed by atoms with van der Waals surface area (Å²) in [5.41, 5.74) is 1.10. The molecule has 0 aliphatic heterocycles. The molecule has 3 rings (SSSR count). The van der Waals surface area contributed by atoms with Gasteiger partial charge in [0.1, 0.15) is 18.2 Å². The largest absolute Gasteiger partial charge is 0.488 e. The second-order valence-electron chi connectivity index (χ2n) is 5.82. The van der Waals surface area contributed by atoms with Gasteiger partial charge in [0, 0.05) is 29.2 Å². The number of ether oxygens (including phenoxy) is 1. The predicted molar refractivity (Wildman–Crippen MR) is 103 cm³/mol. The van der Waals surface area contributed by atoms with Gasteiger partial charge >= 0.3 is 0 Å². The third-order valence-electron chi connectivity index (χ3n) is 3.86. The molecule has 0 spiro atoms. The molecule has 0 radical (unpaired) electrons. The molecule has 0 fully saturated rings. The summed E-state index contributed by atoms with van der Waals surface area (Å²) in [5, 5.41) is 15.6. The zero-order valence-corrected chi connectivity index (χ0v) is 16.1. The molecule has 0 saturated carbocycles. The van der Waals surface area contributed by atoms with E-state index in [-0.39, 0.29) is 6.61 Å². The highest BCUT2D eigenvalue weighted by Crippen LogP contribution is 2.26. The summed E-state index contributed by atoms with van der Waals surface area (Å²) in [6.07, 6.45) is 0.911. The van der Waals surface area contributed by atoms with E-state index in [4.69, 9.17) is 27.9 Å². The van der Waals surface area contributed by atoms with Crippen LogP contribution in [0.3, 0.4) is 0 Å². The molecule has 0 atom stereocenters. The number of aryl methyl sites for hydroxylation is 1. The molecular weight excluding hydrogens is 392 g/mol. The first-order valence-corrected chi connectivity index (χ1v) is 9.18. The monoisotopic (exact) mass is 409 g/mol. The van der Waals surface area contributed by atoms with Crippen LogP contribution in [0.4, 0.5) is 10.3 Å². The number of anilines is 1. The molecule has 0 aliphatic carbocycles. The molecule has 142 valence electrons. The molecule has 0 amide bonds. The van der Waals surface area contributed by atoms with E-state index >= 15 is 0 Å². The van der Waals surface area contributed by atoms with Crippen LogP contribution >= 0.6 is 23.2 Å². The molecule has 6 nitrogen and oxygen atoms in total. The molecule has 0 bridgehead atoms. The molecule has 1 heterocycles. The van der Waals surface area contributed by atoms with Gasteiger partial charge in [0.25, 0.3) is 0 Å². The van der Waals surface area contributed by atoms with Crippen LogP contribution in [0.15, 0.2) is 36.4 Å². The Balaban J connectivity index is 1.74. The van der Waals surface area contributed by atoms with E-state index in [0.29, 0.717) is 40.4 Å². The molecule has 0 aliphatic rings. The van der Waals surface area contributed by atoms with Crippen LogP contribution in [0.5, 0.6) is 5.75 Å². The van der Waals surface area contributed by atoms with E-state index in [9.17, 15) is 4.39 Å². The lowest BCUT2D eigenvalue weighted by molar-refractivity contribution is 0.297. The summed E-state index contributed by atoms with van der Waals surface area (Å²) in [7, 11) is 0. The Morgan fingerprint density at radius 3 is 2.85 bits per heavy atom. The summed E-state index contributed by atoms with van der Waals surface area (Å²) in [5.74, 6) is 0.718. The van der Waals surface area contributed by atoms with E-state index < -0.39 is 5.82 Å². The Hall–Kier alpha value is -2.38. The minimum absolute atomic E-state index is 0.00765. The van der Waals surface area contributed by atoms with Gasteiger partial charge in [0.15, 0.2) is 0 Å². The van der Waals surface area contributed by atoms with Crippen molar-refractivity contribution in [3.05, 3.63) is 63.4 Å². The summed E-state index contributed by atoms with van der Waals surface area (Å²) in [6, 6.07) is 9.76. The fraction of sp³-hybridized carbons (Fsp3) is 0.278. The highest BCUT2D eigenvalue weighted by Gasteiger charge is 2.12. The standard InChI is InChI=1S/C18H18Cl2FN5O/c1-2-8-26-18(23-24-25-26)22-10-12-9-13(19)6-7-17(12)27-11-14-15(20)4-3-5-16(14)21/h3-7,9H,2,8,10-11H2,1H3,(H,22,23,25). The topological polar surface area (TPSA) is 64.9 Å². The van der Waals surface area contributed by atoms with Crippen molar-refractivity contribution in [3.8, 4) is 5.75 Å². The zero-order valence-electron chi connectivity index (χ0n) is 14.6. The molecule has 2 aromatic carbocycles. The van der Waals surface area contributed by atoms with Gasteiger partial charge in [-0.25, -0.2) is 9.07 Å². The lowest BCUT2D eigenvalue weighted by Crippen LogP contribution is -2.10. The average molecular weight is 410 g/mol. The number of rotatable bonds is 8. The Morgan fingerprint density at radius 1 is 1.22 bits per heavy atom. The van der Waals surface area contributed by atoms with Crippen molar-refractivity contribution >= 4 is 29.2 Å². The molecule has 27 heavy (non-hydrogen) atoms. The van der Waals surface area contributed by atoms with E-state index in [1.54, 1.807) is 35.0 Å². The maximum absolute atomic E-state index is 13.9. The van der Waals surface area contributed by atoms with Crippen LogP contribution in [0.1, 0.15) is 24.5 Å². The summed E-state index contributed by atoms with van der Waals surface area (Å²) < 4.78 is 21.4. The maximum atomic E-state index is 13.9. The van der Waals surface area contributed by atoms with Crippen molar-refractivity contribution in [1.82, 2.24) is 20.2 Å². The van der Waals surface area contributed by atoms with Crippen molar-refractivity contribution < 1.29 is 9.13 Å². The minimum atomic E-state index is -0.408. The minimum Gasteiger partial charge on any atom is -0.488 e. The number of hydrogen-bond acceptors (Lipinski definition) is 5. The smallest absolute Gasteiger partial charge is 0.243 e. The second-order valence-corrected chi connectivity index (χ2v) is 6.66. The van der Waals surface area contributed by atoms with Gasteiger partial charge in [-0.1, -0.05) is 41.3 Å². The number of nitrogens with zero attached hydrogens (tertiary/aromatic N) is 4. The first kappa shape index (κ1) is 19.4. The molecule has 3 aromatic rings. The van der Waals surface area contributed by atoms with Gasteiger partial charge in [0.05, 0.1) is 5.02 Å². The first-order valence-electron chi connectivity index (χ1n) is 8.42. The van der Waals surface area contributed by atoms with Crippen LogP contribution in [0.25, 0.3) is 0 Å². The highest BCUT2D eigenvalue weighted by atomic mass is 35.5. The van der Waals surface area contributed by atoms with Crippen molar-refractivity contribution in [2.75, 3.05) is 5.32 Å². The van der Waals surface area contributed by atoms with Gasteiger partial charge in [-0.15, -0.1) is 0 Å². The predicted octanol–water partition coefficient (Wildman–Crippen LogP) is 4.72. The number of aromatic nitrogens is 4. The van der Waals surface area contributed by atoms with Gasteiger partial charge < -0.3 is 10.1 Å². The number of halogens is 3. The Morgan fingerprint density at radius 2 is 2.07 bits per heavy atom. The zero-order chi connectivity index (χ0) is 19.2. The van der Waals surface area contributed by atoms with Crippen molar-refractivity contribution in [3.63, 3.8) is 0 Å². The van der Waals surface area contributed by atoms with Gasteiger partial charge in [-0.3, -0.25) is 0 Å². The normalized spacial score (nSPS) is 10.8. The van der Waals surface area contributed by atoms with Crippen molar-refractivity contribution in [2.45, 2.75) is 33.0 Å². The average Bonchev–Trinajstić information content (AvgIpc) is 3.08. The number of tetrazole rings is 1. The van der Waals surface area contributed by atoms with E-state index in [1.807, 2.05) is 6.92 Å². The third-order valence-corrected chi connectivity index (χ3v) is 4.45.